The second-order valence-corrected chi connectivity index (χ2v) is 7.28. The number of aromatic nitrogens is 2. The van der Waals surface area contributed by atoms with Crippen molar-refractivity contribution >= 4 is 23.3 Å². The van der Waals surface area contributed by atoms with Crippen LogP contribution in [-0.4, -0.2) is 39.9 Å². The number of nitrogens with two attached hydrogens (primary N) is 1. The van der Waals surface area contributed by atoms with E-state index >= 15 is 0 Å². The van der Waals surface area contributed by atoms with Gasteiger partial charge in [-0.1, -0.05) is 30.3 Å². The maximum absolute atomic E-state index is 11.8. The number of rotatable bonds is 4. The van der Waals surface area contributed by atoms with Crippen LogP contribution in [0.1, 0.15) is 29.7 Å². The van der Waals surface area contributed by atoms with Crippen LogP contribution >= 0.6 is 11.6 Å². The number of hydrogen-bond acceptors (Lipinski definition) is 5. The Kier molecular flexibility index (Phi) is 4.78. The van der Waals surface area contributed by atoms with Crippen molar-refractivity contribution < 1.29 is 4.79 Å². The molecular weight excluding hydrogens is 350 g/mol. The number of nitrogens with zero attached hydrogens (tertiary/aromatic N) is 4. The molecule has 1 atom stereocenters. The van der Waals surface area contributed by atoms with Gasteiger partial charge in [0.05, 0.1) is 5.69 Å². The molecule has 2 N–H and O–H groups in total. The van der Waals surface area contributed by atoms with Gasteiger partial charge in [-0.2, -0.15) is 0 Å². The summed E-state index contributed by atoms with van der Waals surface area (Å²) in [5.41, 5.74) is 8.94. The molecule has 1 aromatic carbocycles. The number of carbonyl (C=O) groups excluding carboxylic acids is 1. The van der Waals surface area contributed by atoms with Crippen molar-refractivity contribution in [1.82, 2.24) is 14.9 Å². The van der Waals surface area contributed by atoms with E-state index in [1.807, 2.05) is 11.0 Å². The van der Waals surface area contributed by atoms with Crippen molar-refractivity contribution in [1.29, 1.82) is 0 Å². The topological polar surface area (TPSA) is 75.4 Å². The van der Waals surface area contributed by atoms with Crippen molar-refractivity contribution in [2.45, 2.75) is 38.4 Å². The molecule has 4 rings (SSSR count). The molecule has 1 aromatic heterocycles. The van der Waals surface area contributed by atoms with Crippen molar-refractivity contribution in [3.05, 3.63) is 52.4 Å². The van der Waals surface area contributed by atoms with Crippen LogP contribution in [0.4, 0.5) is 5.82 Å². The summed E-state index contributed by atoms with van der Waals surface area (Å²) in [6, 6.07) is 10.1. The fourth-order valence-corrected chi connectivity index (χ4v) is 4.14. The molecule has 0 radical (unpaired) electrons. The fourth-order valence-electron chi connectivity index (χ4n) is 3.95. The average molecular weight is 372 g/mol. The Bertz CT molecular complexity index is 813. The molecule has 1 amide bonds. The highest BCUT2D eigenvalue weighted by Crippen LogP contribution is 2.32. The number of fused-ring (bicyclic) bond motifs is 1. The van der Waals surface area contributed by atoms with E-state index in [2.05, 4.69) is 39.1 Å². The first-order valence-electron chi connectivity index (χ1n) is 8.99. The number of benzene rings is 1. The summed E-state index contributed by atoms with van der Waals surface area (Å²) in [4.78, 5) is 25.2. The summed E-state index contributed by atoms with van der Waals surface area (Å²) >= 11 is 6.18. The second-order valence-electron chi connectivity index (χ2n) is 6.94. The molecule has 2 aliphatic heterocycles. The first kappa shape index (κ1) is 17.2. The Labute approximate surface area is 158 Å². The highest BCUT2D eigenvalue weighted by Gasteiger charge is 2.34. The molecule has 0 spiro atoms. The minimum absolute atomic E-state index is 0.241. The number of primary amides is 1. The lowest BCUT2D eigenvalue weighted by molar-refractivity contribution is -0.119. The van der Waals surface area contributed by atoms with E-state index in [-0.39, 0.29) is 17.2 Å². The lowest BCUT2D eigenvalue weighted by atomic mass is 10.0. The predicted octanol–water partition coefficient (Wildman–Crippen LogP) is 2.14. The molecule has 6 nitrogen and oxygen atoms in total. The van der Waals surface area contributed by atoms with Gasteiger partial charge < -0.3 is 10.6 Å². The van der Waals surface area contributed by atoms with Gasteiger partial charge in [0.2, 0.25) is 11.2 Å². The third kappa shape index (κ3) is 3.39. The molecule has 2 aliphatic rings. The van der Waals surface area contributed by atoms with Gasteiger partial charge in [0.25, 0.3) is 0 Å². The van der Waals surface area contributed by atoms with Gasteiger partial charge in [0, 0.05) is 38.2 Å². The highest BCUT2D eigenvalue weighted by molar-refractivity contribution is 6.28. The van der Waals surface area contributed by atoms with Crippen LogP contribution in [0.5, 0.6) is 0 Å². The summed E-state index contributed by atoms with van der Waals surface area (Å²) in [6.45, 7) is 3.32. The zero-order valence-corrected chi connectivity index (χ0v) is 15.3. The lowest BCUT2D eigenvalue weighted by Gasteiger charge is -2.32. The summed E-state index contributed by atoms with van der Waals surface area (Å²) in [6.07, 6.45) is 2.52. The second kappa shape index (κ2) is 7.21. The molecule has 7 heteroatoms. The highest BCUT2D eigenvalue weighted by atomic mass is 35.5. The molecule has 0 aliphatic carbocycles. The Morgan fingerprint density at radius 1 is 1.23 bits per heavy atom. The van der Waals surface area contributed by atoms with Crippen LogP contribution in [0.3, 0.4) is 0 Å². The predicted molar refractivity (Wildman–Crippen MR) is 101 cm³/mol. The number of hydrogen-bond donors (Lipinski definition) is 1. The molecule has 26 heavy (non-hydrogen) atoms. The summed E-state index contributed by atoms with van der Waals surface area (Å²) in [5.74, 6) is 0.474. The van der Waals surface area contributed by atoms with E-state index < -0.39 is 0 Å². The maximum atomic E-state index is 11.8. The Morgan fingerprint density at radius 3 is 2.81 bits per heavy atom. The van der Waals surface area contributed by atoms with Crippen molar-refractivity contribution in [3.63, 3.8) is 0 Å². The van der Waals surface area contributed by atoms with Gasteiger partial charge >= 0.3 is 0 Å². The molecule has 136 valence electrons. The van der Waals surface area contributed by atoms with Gasteiger partial charge in [0.1, 0.15) is 11.9 Å². The molecule has 3 heterocycles. The molecule has 1 saturated heterocycles. The van der Waals surface area contributed by atoms with Crippen LogP contribution in [0.2, 0.25) is 5.28 Å². The van der Waals surface area contributed by atoms with Crippen LogP contribution in [0.15, 0.2) is 30.3 Å². The zero-order valence-electron chi connectivity index (χ0n) is 14.6. The van der Waals surface area contributed by atoms with Crippen molar-refractivity contribution in [2.75, 3.05) is 18.0 Å². The van der Waals surface area contributed by atoms with E-state index in [0.717, 1.165) is 62.5 Å². The minimum Gasteiger partial charge on any atom is -0.368 e. The van der Waals surface area contributed by atoms with Crippen LogP contribution in [0, 0.1) is 0 Å². The SMILES string of the molecule is NC(=O)[C@@H]1CCCN1c1nc(Cl)nc2c1CN(Cc1ccccc1)CC2. The smallest absolute Gasteiger partial charge is 0.240 e. The average Bonchev–Trinajstić information content (AvgIpc) is 3.12. The van der Waals surface area contributed by atoms with E-state index in [1.165, 1.54) is 5.56 Å². The normalized spacial score (nSPS) is 20.2. The molecular formula is C19H22ClN5O. The molecule has 0 saturated carbocycles. The van der Waals surface area contributed by atoms with Gasteiger partial charge in [-0.15, -0.1) is 0 Å². The van der Waals surface area contributed by atoms with Crippen LogP contribution in [-0.2, 0) is 24.3 Å². The van der Waals surface area contributed by atoms with Gasteiger partial charge in [-0.05, 0) is 30.0 Å². The summed E-state index contributed by atoms with van der Waals surface area (Å²) in [7, 11) is 0. The van der Waals surface area contributed by atoms with E-state index in [0.29, 0.717) is 0 Å². The first-order chi connectivity index (χ1) is 12.6. The van der Waals surface area contributed by atoms with Gasteiger partial charge in [-0.25, -0.2) is 9.97 Å². The van der Waals surface area contributed by atoms with Crippen molar-refractivity contribution in [3.8, 4) is 0 Å². The quantitative estimate of drug-likeness (QED) is 0.833. The standard InChI is InChI=1S/C19H22ClN5O/c20-19-22-15-8-10-24(11-13-5-2-1-3-6-13)12-14(15)18(23-19)25-9-4-7-16(25)17(21)26/h1-3,5-6,16H,4,7-12H2,(H2,21,26)/t16-/m0/s1. The third-order valence-electron chi connectivity index (χ3n) is 5.19. The maximum Gasteiger partial charge on any atom is 0.240 e. The van der Waals surface area contributed by atoms with E-state index in [4.69, 9.17) is 17.3 Å². The van der Waals surface area contributed by atoms with Gasteiger partial charge in [0.15, 0.2) is 0 Å². The van der Waals surface area contributed by atoms with E-state index in [9.17, 15) is 4.79 Å². The van der Waals surface area contributed by atoms with Crippen LogP contribution < -0.4 is 10.6 Å². The summed E-state index contributed by atoms with van der Waals surface area (Å²) < 4.78 is 0. The molecule has 0 bridgehead atoms. The number of anilines is 1. The monoisotopic (exact) mass is 371 g/mol. The zero-order chi connectivity index (χ0) is 18.1. The fraction of sp³-hybridized carbons (Fsp3) is 0.421. The van der Waals surface area contributed by atoms with Crippen molar-refractivity contribution in [2.24, 2.45) is 5.73 Å². The van der Waals surface area contributed by atoms with E-state index in [1.54, 1.807) is 0 Å². The van der Waals surface area contributed by atoms with Crippen LogP contribution in [0.25, 0.3) is 0 Å². The number of amides is 1. The first-order valence-corrected chi connectivity index (χ1v) is 9.37. The number of halogens is 1. The Morgan fingerprint density at radius 2 is 2.04 bits per heavy atom. The lowest BCUT2D eigenvalue weighted by Crippen LogP contribution is -2.42. The number of carbonyl (C=O) groups is 1. The third-order valence-corrected chi connectivity index (χ3v) is 5.36. The largest absolute Gasteiger partial charge is 0.368 e. The Hall–Kier alpha value is -2.18. The molecule has 0 unspecified atom stereocenters. The van der Waals surface area contributed by atoms with Gasteiger partial charge in [-0.3, -0.25) is 9.69 Å². The Balaban J connectivity index is 1.63. The minimum atomic E-state index is -0.311. The summed E-state index contributed by atoms with van der Waals surface area (Å²) in [5, 5.41) is 0.241. The molecule has 1 fully saturated rings. The molecule has 2 aromatic rings.